The van der Waals surface area contributed by atoms with Gasteiger partial charge in [0.1, 0.15) is 0 Å². The number of aryl methyl sites for hydroxylation is 2. The van der Waals surface area contributed by atoms with Gasteiger partial charge in [-0.05, 0) is 105 Å². The van der Waals surface area contributed by atoms with Crippen LogP contribution in [0.5, 0.6) is 0 Å². The maximum atomic E-state index is 11.4. The number of benzene rings is 1. The third kappa shape index (κ3) is 6.09. The number of carboxylic acids is 1. The Morgan fingerprint density at radius 1 is 1.00 bits per heavy atom. The van der Waals surface area contributed by atoms with Crippen LogP contribution in [0.3, 0.4) is 0 Å². The van der Waals surface area contributed by atoms with Gasteiger partial charge in [-0.1, -0.05) is 39.7 Å². The van der Waals surface area contributed by atoms with Gasteiger partial charge in [0.05, 0.1) is 5.41 Å². The van der Waals surface area contributed by atoms with Gasteiger partial charge >= 0.3 is 5.97 Å². The van der Waals surface area contributed by atoms with E-state index in [1.807, 2.05) is 0 Å². The molecule has 0 aliphatic heterocycles. The first-order valence-electron chi connectivity index (χ1n) is 10.9. The second-order valence-electron chi connectivity index (χ2n) is 10.1. The summed E-state index contributed by atoms with van der Waals surface area (Å²) >= 11 is 0. The van der Waals surface area contributed by atoms with E-state index in [-0.39, 0.29) is 5.41 Å². The Morgan fingerprint density at radius 2 is 1.63 bits per heavy atom. The van der Waals surface area contributed by atoms with Gasteiger partial charge in [0.25, 0.3) is 0 Å². The smallest absolute Gasteiger partial charge is 0.309 e. The van der Waals surface area contributed by atoms with Crippen molar-refractivity contribution in [2.45, 2.75) is 106 Å². The molecule has 0 bridgehead atoms. The summed E-state index contributed by atoms with van der Waals surface area (Å²) in [6.45, 7) is 13.7. The Morgan fingerprint density at radius 3 is 2.19 bits per heavy atom. The molecule has 1 aromatic rings. The van der Waals surface area contributed by atoms with Crippen LogP contribution in [0, 0.1) is 31.6 Å². The van der Waals surface area contributed by atoms with Gasteiger partial charge in [-0.25, -0.2) is 0 Å². The molecule has 0 heterocycles. The van der Waals surface area contributed by atoms with Gasteiger partial charge in [0.2, 0.25) is 0 Å². The van der Waals surface area contributed by atoms with Crippen LogP contribution in [0.4, 0.5) is 0 Å². The second kappa shape index (κ2) is 8.80. The molecule has 2 nitrogen and oxygen atoms in total. The zero-order chi connectivity index (χ0) is 20.2. The average molecular weight is 373 g/mol. The SMILES string of the molecule is Cc1cc(CCCCC(C)(C)C)c(CCCCC2(C(=O)O)CC2)c(C)c1C. The van der Waals surface area contributed by atoms with E-state index < -0.39 is 5.97 Å². The number of aliphatic carboxylic acids is 1. The van der Waals surface area contributed by atoms with Crippen molar-refractivity contribution < 1.29 is 9.90 Å². The fourth-order valence-corrected chi connectivity index (χ4v) is 4.25. The van der Waals surface area contributed by atoms with Gasteiger partial charge in [-0.2, -0.15) is 0 Å². The van der Waals surface area contributed by atoms with Crippen molar-refractivity contribution in [3.63, 3.8) is 0 Å². The van der Waals surface area contributed by atoms with E-state index in [4.69, 9.17) is 0 Å². The minimum atomic E-state index is -0.579. The number of hydrogen-bond donors (Lipinski definition) is 1. The minimum absolute atomic E-state index is 0.367. The average Bonchev–Trinajstić information content (AvgIpc) is 3.36. The van der Waals surface area contributed by atoms with E-state index in [0.717, 1.165) is 38.5 Å². The minimum Gasteiger partial charge on any atom is -0.481 e. The van der Waals surface area contributed by atoms with Crippen molar-refractivity contribution >= 4 is 5.97 Å². The summed E-state index contributed by atoms with van der Waals surface area (Å²) in [7, 11) is 0. The molecule has 1 saturated carbocycles. The van der Waals surface area contributed by atoms with Crippen molar-refractivity contribution in [2.24, 2.45) is 10.8 Å². The van der Waals surface area contributed by atoms with Crippen molar-refractivity contribution in [1.82, 2.24) is 0 Å². The quantitative estimate of drug-likeness (QED) is 0.451. The van der Waals surface area contributed by atoms with Crippen LogP contribution in [-0.4, -0.2) is 11.1 Å². The van der Waals surface area contributed by atoms with Crippen LogP contribution >= 0.6 is 0 Å². The van der Waals surface area contributed by atoms with Crippen LogP contribution in [0.2, 0.25) is 0 Å². The first-order valence-corrected chi connectivity index (χ1v) is 10.9. The lowest BCUT2D eigenvalue weighted by Gasteiger charge is -2.20. The highest BCUT2D eigenvalue weighted by Gasteiger charge is 2.49. The number of hydrogen-bond acceptors (Lipinski definition) is 1. The number of unbranched alkanes of at least 4 members (excludes halogenated alkanes) is 2. The zero-order valence-corrected chi connectivity index (χ0v) is 18.5. The van der Waals surface area contributed by atoms with E-state index in [9.17, 15) is 9.90 Å². The molecule has 2 rings (SSSR count). The summed E-state index contributed by atoms with van der Waals surface area (Å²) in [6, 6.07) is 2.41. The number of rotatable bonds is 10. The summed E-state index contributed by atoms with van der Waals surface area (Å²) in [5.41, 5.74) is 7.41. The molecule has 2 heteroatoms. The summed E-state index contributed by atoms with van der Waals surface area (Å²) in [6.07, 6.45) is 10.8. The maximum Gasteiger partial charge on any atom is 0.309 e. The third-order valence-corrected chi connectivity index (χ3v) is 6.65. The normalized spacial score (nSPS) is 15.8. The van der Waals surface area contributed by atoms with E-state index in [1.54, 1.807) is 0 Å². The number of carbonyl (C=O) groups is 1. The molecule has 0 radical (unpaired) electrons. The lowest BCUT2D eigenvalue weighted by atomic mass is 9.86. The monoisotopic (exact) mass is 372 g/mol. The lowest BCUT2D eigenvalue weighted by Crippen LogP contribution is -2.14. The van der Waals surface area contributed by atoms with Gasteiger partial charge in [0, 0.05) is 0 Å². The molecule has 0 spiro atoms. The van der Waals surface area contributed by atoms with Crippen LogP contribution in [0.15, 0.2) is 6.07 Å². The molecule has 1 fully saturated rings. The molecule has 1 N–H and O–H groups in total. The molecule has 0 unspecified atom stereocenters. The van der Waals surface area contributed by atoms with E-state index in [1.165, 1.54) is 53.5 Å². The van der Waals surface area contributed by atoms with Crippen molar-refractivity contribution in [1.29, 1.82) is 0 Å². The Kier molecular flexibility index (Phi) is 7.16. The van der Waals surface area contributed by atoms with Crippen LogP contribution < -0.4 is 0 Å². The predicted molar refractivity (Wildman–Crippen MR) is 115 cm³/mol. The van der Waals surface area contributed by atoms with Crippen LogP contribution in [0.1, 0.15) is 100.0 Å². The van der Waals surface area contributed by atoms with Crippen molar-refractivity contribution in [2.75, 3.05) is 0 Å². The molecule has 0 saturated heterocycles. The van der Waals surface area contributed by atoms with Crippen molar-refractivity contribution in [3.05, 3.63) is 33.9 Å². The summed E-state index contributed by atoms with van der Waals surface area (Å²) in [4.78, 5) is 11.4. The molecule has 1 aliphatic carbocycles. The fourth-order valence-electron chi connectivity index (χ4n) is 4.25. The van der Waals surface area contributed by atoms with Gasteiger partial charge in [-0.3, -0.25) is 4.79 Å². The van der Waals surface area contributed by atoms with E-state index >= 15 is 0 Å². The highest BCUT2D eigenvalue weighted by molar-refractivity contribution is 5.77. The summed E-state index contributed by atoms with van der Waals surface area (Å²) < 4.78 is 0. The van der Waals surface area contributed by atoms with E-state index in [2.05, 4.69) is 47.6 Å². The van der Waals surface area contributed by atoms with Gasteiger partial charge in [-0.15, -0.1) is 0 Å². The highest BCUT2D eigenvalue weighted by atomic mass is 16.4. The predicted octanol–water partition coefficient (Wildman–Crippen LogP) is 6.95. The number of carboxylic acid groups (broad SMARTS) is 1. The molecule has 0 amide bonds. The Hall–Kier alpha value is -1.31. The molecule has 27 heavy (non-hydrogen) atoms. The highest BCUT2D eigenvalue weighted by Crippen LogP contribution is 2.50. The van der Waals surface area contributed by atoms with Crippen molar-refractivity contribution in [3.8, 4) is 0 Å². The Labute approximate surface area is 166 Å². The fraction of sp³-hybridized carbons (Fsp3) is 0.720. The molecular weight excluding hydrogens is 332 g/mol. The van der Waals surface area contributed by atoms with Gasteiger partial charge in [0.15, 0.2) is 0 Å². The van der Waals surface area contributed by atoms with E-state index in [0.29, 0.717) is 5.41 Å². The standard InChI is InChI=1S/C25H40O2/c1-18-17-21(11-7-9-13-24(4,5)6)22(20(3)19(18)2)12-8-10-14-25(15-16-25)23(26)27/h17H,7-16H2,1-6H3,(H,26,27). The summed E-state index contributed by atoms with van der Waals surface area (Å²) in [5, 5.41) is 9.35. The Bertz CT molecular complexity index is 660. The molecule has 1 aliphatic rings. The first kappa shape index (κ1) is 22.0. The Balaban J connectivity index is 1.96. The molecular formula is C25H40O2. The lowest BCUT2D eigenvalue weighted by molar-refractivity contribution is -0.143. The van der Waals surface area contributed by atoms with Gasteiger partial charge < -0.3 is 5.11 Å². The molecule has 1 aromatic carbocycles. The molecule has 152 valence electrons. The zero-order valence-electron chi connectivity index (χ0n) is 18.5. The largest absolute Gasteiger partial charge is 0.481 e. The first-order chi connectivity index (χ1) is 12.6. The third-order valence-electron chi connectivity index (χ3n) is 6.65. The topological polar surface area (TPSA) is 37.3 Å². The van der Waals surface area contributed by atoms with Crippen LogP contribution in [0.25, 0.3) is 0 Å². The summed E-state index contributed by atoms with van der Waals surface area (Å²) in [5.74, 6) is -0.579. The molecule has 0 aromatic heterocycles. The molecule has 0 atom stereocenters. The second-order valence-corrected chi connectivity index (χ2v) is 10.1. The maximum absolute atomic E-state index is 11.4. The van der Waals surface area contributed by atoms with Crippen LogP contribution in [-0.2, 0) is 17.6 Å².